The number of methoxy groups -OCH3 is 1. The van der Waals surface area contributed by atoms with Gasteiger partial charge in [0, 0.05) is 23.0 Å². The van der Waals surface area contributed by atoms with Crippen LogP contribution in [0.3, 0.4) is 0 Å². The molecule has 0 radical (unpaired) electrons. The van der Waals surface area contributed by atoms with Crippen LogP contribution < -0.4 is 15.0 Å². The molecule has 0 spiro atoms. The first-order valence-electron chi connectivity index (χ1n) is 6.52. The van der Waals surface area contributed by atoms with Crippen LogP contribution in [-0.4, -0.2) is 12.1 Å². The maximum Gasteiger partial charge on any atom is 0.248 e. The third-order valence-electron chi connectivity index (χ3n) is 3.21. The number of aromatic amines is 1. The summed E-state index contributed by atoms with van der Waals surface area (Å²) in [6.07, 6.45) is 0. The minimum atomic E-state index is -1.47. The lowest BCUT2D eigenvalue weighted by Crippen LogP contribution is -2.02. The van der Waals surface area contributed by atoms with Gasteiger partial charge in [-0.25, -0.2) is 4.39 Å². The van der Waals surface area contributed by atoms with E-state index in [9.17, 15) is 18.0 Å². The number of aromatic nitrogens is 1. The number of H-pyrrole nitrogens is 1. The van der Waals surface area contributed by atoms with E-state index in [0.717, 1.165) is 7.11 Å². The first-order chi connectivity index (χ1) is 11.0. The zero-order valence-electron chi connectivity index (χ0n) is 11.8. The van der Waals surface area contributed by atoms with E-state index in [-0.39, 0.29) is 11.3 Å². The zero-order chi connectivity index (χ0) is 16.6. The summed E-state index contributed by atoms with van der Waals surface area (Å²) in [4.78, 5) is 13.8. The predicted octanol–water partition coefficient (Wildman–Crippen LogP) is 3.75. The SMILES string of the molecule is COc1c(F)cc(Oc2ccc3[nH]c(=O)ccc3c2)c(F)c1F. The normalized spacial score (nSPS) is 10.8. The lowest BCUT2D eigenvalue weighted by Gasteiger charge is -2.11. The Bertz CT molecular complexity index is 953. The number of rotatable bonds is 3. The van der Waals surface area contributed by atoms with E-state index >= 15 is 0 Å². The maximum absolute atomic E-state index is 13.9. The first kappa shape index (κ1) is 15.0. The molecule has 0 saturated heterocycles. The molecule has 2 aromatic carbocycles. The van der Waals surface area contributed by atoms with Crippen LogP contribution in [-0.2, 0) is 0 Å². The third-order valence-corrected chi connectivity index (χ3v) is 3.21. The number of hydrogen-bond acceptors (Lipinski definition) is 3. The second-order valence-electron chi connectivity index (χ2n) is 4.69. The number of hydrogen-bond donors (Lipinski definition) is 1. The fourth-order valence-electron chi connectivity index (χ4n) is 2.14. The maximum atomic E-state index is 13.9. The highest BCUT2D eigenvalue weighted by Crippen LogP contribution is 2.33. The molecule has 1 aromatic heterocycles. The summed E-state index contributed by atoms with van der Waals surface area (Å²) < 4.78 is 50.8. The second-order valence-corrected chi connectivity index (χ2v) is 4.69. The van der Waals surface area contributed by atoms with Gasteiger partial charge in [-0.3, -0.25) is 4.79 Å². The van der Waals surface area contributed by atoms with Crippen LogP contribution in [0.2, 0.25) is 0 Å². The molecule has 0 amide bonds. The van der Waals surface area contributed by atoms with Gasteiger partial charge in [0.05, 0.1) is 7.11 Å². The van der Waals surface area contributed by atoms with Gasteiger partial charge < -0.3 is 14.5 Å². The Morgan fingerprint density at radius 3 is 2.52 bits per heavy atom. The molecule has 0 aliphatic heterocycles. The van der Waals surface area contributed by atoms with Crippen LogP contribution in [0.1, 0.15) is 0 Å². The van der Waals surface area contributed by atoms with E-state index in [0.29, 0.717) is 17.0 Å². The van der Waals surface area contributed by atoms with Gasteiger partial charge in [-0.1, -0.05) is 0 Å². The highest BCUT2D eigenvalue weighted by molar-refractivity contribution is 5.79. The molecule has 0 atom stereocenters. The van der Waals surface area contributed by atoms with E-state index in [1.54, 1.807) is 12.1 Å². The predicted molar refractivity (Wildman–Crippen MR) is 77.5 cm³/mol. The summed E-state index contributed by atoms with van der Waals surface area (Å²) in [7, 11) is 1.03. The molecule has 3 aromatic rings. The molecule has 0 saturated carbocycles. The first-order valence-corrected chi connectivity index (χ1v) is 6.52. The van der Waals surface area contributed by atoms with Crippen molar-refractivity contribution in [1.82, 2.24) is 4.98 Å². The number of ether oxygens (including phenoxy) is 2. The second kappa shape index (κ2) is 5.68. The summed E-state index contributed by atoms with van der Waals surface area (Å²) >= 11 is 0. The smallest absolute Gasteiger partial charge is 0.248 e. The van der Waals surface area contributed by atoms with E-state index in [1.807, 2.05) is 0 Å². The Kier molecular flexibility index (Phi) is 3.69. The average Bonchev–Trinajstić information content (AvgIpc) is 2.53. The molecular weight excluding hydrogens is 311 g/mol. The van der Waals surface area contributed by atoms with Crippen LogP contribution >= 0.6 is 0 Å². The molecule has 0 unspecified atom stereocenters. The van der Waals surface area contributed by atoms with E-state index in [1.165, 1.54) is 18.2 Å². The molecule has 0 bridgehead atoms. The molecule has 3 rings (SSSR count). The van der Waals surface area contributed by atoms with Gasteiger partial charge in [0.15, 0.2) is 17.3 Å². The van der Waals surface area contributed by atoms with Gasteiger partial charge in [-0.05, 0) is 24.3 Å². The topological polar surface area (TPSA) is 51.3 Å². The summed E-state index contributed by atoms with van der Waals surface area (Å²) in [6.45, 7) is 0. The van der Waals surface area contributed by atoms with Crippen molar-refractivity contribution >= 4 is 10.9 Å². The van der Waals surface area contributed by atoms with E-state index < -0.39 is 29.0 Å². The fraction of sp³-hybridized carbons (Fsp3) is 0.0625. The van der Waals surface area contributed by atoms with Crippen LogP contribution in [0.25, 0.3) is 10.9 Å². The van der Waals surface area contributed by atoms with Gasteiger partial charge >= 0.3 is 0 Å². The fourth-order valence-corrected chi connectivity index (χ4v) is 2.14. The molecule has 7 heteroatoms. The molecule has 1 heterocycles. The van der Waals surface area contributed by atoms with Gasteiger partial charge in [0.2, 0.25) is 17.2 Å². The van der Waals surface area contributed by atoms with Gasteiger partial charge in [0.25, 0.3) is 0 Å². The van der Waals surface area contributed by atoms with Crippen molar-refractivity contribution in [2.24, 2.45) is 0 Å². The molecule has 1 N–H and O–H groups in total. The molecule has 0 fully saturated rings. The third kappa shape index (κ3) is 2.73. The minimum absolute atomic E-state index is 0.160. The van der Waals surface area contributed by atoms with Crippen LogP contribution in [0.5, 0.6) is 17.2 Å². The van der Waals surface area contributed by atoms with Crippen molar-refractivity contribution in [1.29, 1.82) is 0 Å². The van der Waals surface area contributed by atoms with E-state index in [4.69, 9.17) is 4.74 Å². The Morgan fingerprint density at radius 2 is 1.78 bits per heavy atom. The molecular formula is C16H10F3NO3. The lowest BCUT2D eigenvalue weighted by molar-refractivity contribution is 0.334. The molecule has 0 aliphatic carbocycles. The summed E-state index contributed by atoms with van der Waals surface area (Å²) in [5, 5.41) is 0.622. The average molecular weight is 321 g/mol. The monoisotopic (exact) mass is 321 g/mol. The van der Waals surface area contributed by atoms with Crippen molar-refractivity contribution in [2.75, 3.05) is 7.11 Å². The quantitative estimate of drug-likeness (QED) is 0.748. The number of nitrogens with one attached hydrogen (secondary N) is 1. The number of halogens is 3. The lowest BCUT2D eigenvalue weighted by atomic mass is 10.2. The number of fused-ring (bicyclic) bond motifs is 1. The summed E-state index contributed by atoms with van der Waals surface area (Å²) in [5.74, 6) is -5.16. The number of benzene rings is 2. The van der Waals surface area contributed by atoms with Crippen molar-refractivity contribution in [3.8, 4) is 17.2 Å². The van der Waals surface area contributed by atoms with Gasteiger partial charge in [0.1, 0.15) is 5.75 Å². The largest absolute Gasteiger partial charge is 0.491 e. The Morgan fingerprint density at radius 1 is 1.00 bits per heavy atom. The highest BCUT2D eigenvalue weighted by atomic mass is 19.2. The zero-order valence-corrected chi connectivity index (χ0v) is 11.8. The van der Waals surface area contributed by atoms with Crippen LogP contribution in [0.15, 0.2) is 41.2 Å². The van der Waals surface area contributed by atoms with Crippen molar-refractivity contribution < 1.29 is 22.6 Å². The standard InChI is InChI=1S/C16H10F3NO3/c1-22-16-10(17)7-12(14(18)15(16)19)23-9-3-4-11-8(6-9)2-5-13(21)20-11/h2-7H,1H3,(H,20,21). The molecule has 23 heavy (non-hydrogen) atoms. The molecule has 0 aliphatic rings. The van der Waals surface area contributed by atoms with Crippen LogP contribution in [0, 0.1) is 17.5 Å². The van der Waals surface area contributed by atoms with Gasteiger partial charge in [-0.2, -0.15) is 8.78 Å². The van der Waals surface area contributed by atoms with Crippen molar-refractivity contribution in [3.63, 3.8) is 0 Å². The summed E-state index contributed by atoms with van der Waals surface area (Å²) in [5.41, 5.74) is 0.286. The van der Waals surface area contributed by atoms with Crippen molar-refractivity contribution in [2.45, 2.75) is 0 Å². The van der Waals surface area contributed by atoms with Crippen LogP contribution in [0.4, 0.5) is 13.2 Å². The Balaban J connectivity index is 2.02. The molecule has 4 nitrogen and oxygen atoms in total. The highest BCUT2D eigenvalue weighted by Gasteiger charge is 2.21. The van der Waals surface area contributed by atoms with E-state index in [2.05, 4.69) is 9.72 Å². The molecule has 118 valence electrons. The summed E-state index contributed by atoms with van der Waals surface area (Å²) in [6, 6.07) is 8.06. The Hall–Kier alpha value is -2.96. The van der Waals surface area contributed by atoms with Gasteiger partial charge in [-0.15, -0.1) is 0 Å². The number of pyridine rings is 1. The van der Waals surface area contributed by atoms with Crippen molar-refractivity contribution in [3.05, 3.63) is 64.2 Å². The Labute approximate surface area is 128 Å². The minimum Gasteiger partial charge on any atom is -0.491 e.